The summed E-state index contributed by atoms with van der Waals surface area (Å²) in [5, 5.41) is 0.0783. The number of carbonyl (C=O) groups is 3. The Labute approximate surface area is 186 Å². The molecule has 0 amide bonds. The zero-order valence-electron chi connectivity index (χ0n) is 16.1. The molecule has 154 valence electrons. The van der Waals surface area contributed by atoms with Gasteiger partial charge in [0, 0.05) is 21.1 Å². The fourth-order valence-electron chi connectivity index (χ4n) is 2.78. The van der Waals surface area contributed by atoms with Gasteiger partial charge in [0.2, 0.25) is 0 Å². The van der Waals surface area contributed by atoms with Crippen molar-refractivity contribution in [1.82, 2.24) is 0 Å². The summed E-state index contributed by atoms with van der Waals surface area (Å²) >= 11 is 8.30. The van der Waals surface area contributed by atoms with Crippen LogP contribution in [-0.2, 0) is 13.9 Å². The van der Waals surface area contributed by atoms with E-state index in [1.165, 1.54) is 46.6 Å². The van der Waals surface area contributed by atoms with Crippen molar-refractivity contribution in [2.24, 2.45) is 0 Å². The fourth-order valence-corrected chi connectivity index (χ4v) is 3.65. The molecule has 0 heterocycles. The maximum Gasteiger partial charge on any atom is 0.341 e. The number of hydrogen-bond donors (Lipinski definition) is 0. The summed E-state index contributed by atoms with van der Waals surface area (Å²) in [7, 11) is 5.24. The second-order valence-corrected chi connectivity index (χ2v) is 6.87. The van der Waals surface area contributed by atoms with Gasteiger partial charge >= 0.3 is 11.9 Å². The molecule has 2 aromatic carbocycles. The normalized spacial score (nSPS) is 10.3. The van der Waals surface area contributed by atoms with E-state index in [4.69, 9.17) is 30.5 Å². The predicted octanol–water partition coefficient (Wildman–Crippen LogP) is 4.10. The molecule has 0 fully saturated rings. The third-order valence-electron chi connectivity index (χ3n) is 4.10. The number of methoxy groups -OCH3 is 4. The lowest BCUT2D eigenvalue weighted by atomic mass is 9.96. The van der Waals surface area contributed by atoms with E-state index < -0.39 is 17.7 Å². The Bertz CT molecular complexity index is 972. The molecule has 0 atom stereocenters. The summed E-state index contributed by atoms with van der Waals surface area (Å²) in [6, 6.07) is 5.74. The van der Waals surface area contributed by atoms with Crippen LogP contribution < -0.4 is 9.47 Å². The number of esters is 2. The van der Waals surface area contributed by atoms with Crippen molar-refractivity contribution in [2.45, 2.75) is 4.43 Å². The highest BCUT2D eigenvalue weighted by atomic mass is 127. The number of ether oxygens (including phenoxy) is 4. The van der Waals surface area contributed by atoms with Gasteiger partial charge in [-0.15, -0.1) is 0 Å². The van der Waals surface area contributed by atoms with E-state index in [2.05, 4.69) is 22.6 Å². The maximum absolute atomic E-state index is 13.1. The first-order chi connectivity index (χ1) is 13.8. The van der Waals surface area contributed by atoms with Crippen molar-refractivity contribution >= 4 is 51.9 Å². The summed E-state index contributed by atoms with van der Waals surface area (Å²) in [4.78, 5) is 37.4. The third-order valence-corrected chi connectivity index (χ3v) is 5.20. The molecule has 0 saturated heterocycles. The van der Waals surface area contributed by atoms with Gasteiger partial charge in [-0.1, -0.05) is 34.2 Å². The molecule has 0 bridgehead atoms. The van der Waals surface area contributed by atoms with Crippen molar-refractivity contribution in [3.05, 3.63) is 57.1 Å². The van der Waals surface area contributed by atoms with Crippen LogP contribution in [0.4, 0.5) is 0 Å². The van der Waals surface area contributed by atoms with Crippen molar-refractivity contribution < 1.29 is 33.3 Å². The van der Waals surface area contributed by atoms with E-state index in [9.17, 15) is 14.4 Å². The second-order valence-electron chi connectivity index (χ2n) is 5.70. The van der Waals surface area contributed by atoms with Crippen molar-refractivity contribution in [2.75, 3.05) is 28.4 Å². The molecule has 0 unspecified atom stereocenters. The smallest absolute Gasteiger partial charge is 0.341 e. The molecule has 0 spiro atoms. The molecule has 0 radical (unpaired) electrons. The highest BCUT2D eigenvalue weighted by Crippen LogP contribution is 2.33. The van der Waals surface area contributed by atoms with Crippen LogP contribution in [0.1, 0.15) is 42.2 Å². The SMILES string of the molecule is COC(=O)c1cc(C(=O)c2cc(CI)c(OC)c(C(=O)OC)c2)cc(Cl)c1OC. The topological polar surface area (TPSA) is 88.1 Å². The van der Waals surface area contributed by atoms with E-state index in [0.717, 1.165) is 0 Å². The Hall–Kier alpha value is -2.33. The Morgan fingerprint density at radius 1 is 0.828 bits per heavy atom. The van der Waals surface area contributed by atoms with Gasteiger partial charge in [0.15, 0.2) is 11.5 Å². The quantitative estimate of drug-likeness (QED) is 0.230. The summed E-state index contributed by atoms with van der Waals surface area (Å²) < 4.78 is 20.5. The predicted molar refractivity (Wildman–Crippen MR) is 115 cm³/mol. The van der Waals surface area contributed by atoms with Gasteiger partial charge in [-0.05, 0) is 24.3 Å². The average molecular weight is 533 g/mol. The Balaban J connectivity index is 2.67. The summed E-state index contributed by atoms with van der Waals surface area (Å²) in [5.41, 5.74) is 1.14. The first kappa shape index (κ1) is 23.0. The van der Waals surface area contributed by atoms with Crippen LogP contribution in [0.5, 0.6) is 11.5 Å². The van der Waals surface area contributed by atoms with Gasteiger partial charge in [0.1, 0.15) is 16.9 Å². The molecule has 0 N–H and O–H groups in total. The Morgan fingerprint density at radius 3 is 1.76 bits per heavy atom. The lowest BCUT2D eigenvalue weighted by Gasteiger charge is -2.14. The van der Waals surface area contributed by atoms with Crippen molar-refractivity contribution in [3.8, 4) is 11.5 Å². The number of rotatable bonds is 7. The van der Waals surface area contributed by atoms with Crippen LogP contribution in [0, 0.1) is 0 Å². The molecular weight excluding hydrogens is 515 g/mol. The van der Waals surface area contributed by atoms with Gasteiger partial charge in [0.25, 0.3) is 0 Å². The van der Waals surface area contributed by atoms with Crippen LogP contribution in [-0.4, -0.2) is 46.2 Å². The minimum absolute atomic E-state index is 0.0154. The highest BCUT2D eigenvalue weighted by Gasteiger charge is 2.24. The highest BCUT2D eigenvalue weighted by molar-refractivity contribution is 14.1. The van der Waals surface area contributed by atoms with Gasteiger partial charge in [-0.3, -0.25) is 4.79 Å². The molecule has 0 aliphatic rings. The lowest BCUT2D eigenvalue weighted by molar-refractivity contribution is 0.0588. The third kappa shape index (κ3) is 4.64. The largest absolute Gasteiger partial charge is 0.496 e. The number of ketones is 1. The van der Waals surface area contributed by atoms with Gasteiger partial charge < -0.3 is 18.9 Å². The van der Waals surface area contributed by atoms with Crippen molar-refractivity contribution in [1.29, 1.82) is 0 Å². The summed E-state index contributed by atoms with van der Waals surface area (Å²) in [6.07, 6.45) is 0. The van der Waals surface area contributed by atoms with Crippen LogP contribution in [0.15, 0.2) is 24.3 Å². The standard InChI is InChI=1S/C20H18ClIO7/c1-26-17-12(9-22)5-10(6-13(17)19(24)28-3)16(23)11-7-14(20(25)29-4)18(27-2)15(21)8-11/h5-8H,9H2,1-4H3. The molecule has 0 aromatic heterocycles. The maximum atomic E-state index is 13.1. The van der Waals surface area contributed by atoms with Crippen LogP contribution in [0.25, 0.3) is 0 Å². The monoisotopic (exact) mass is 532 g/mol. The molecule has 0 aliphatic carbocycles. The van der Waals surface area contributed by atoms with Crippen LogP contribution >= 0.6 is 34.2 Å². The van der Waals surface area contributed by atoms with E-state index >= 15 is 0 Å². The van der Waals surface area contributed by atoms with Gasteiger partial charge in [-0.2, -0.15) is 0 Å². The molecule has 2 rings (SSSR count). The first-order valence-corrected chi connectivity index (χ1v) is 10.1. The minimum atomic E-state index is -0.698. The fraction of sp³-hybridized carbons (Fsp3) is 0.250. The molecule has 9 heteroatoms. The molecule has 29 heavy (non-hydrogen) atoms. The molecule has 7 nitrogen and oxygen atoms in total. The summed E-state index contributed by atoms with van der Waals surface area (Å²) in [6.45, 7) is 0. The molecule has 0 aliphatic heterocycles. The Morgan fingerprint density at radius 2 is 1.31 bits per heavy atom. The number of hydrogen-bond acceptors (Lipinski definition) is 7. The zero-order chi connectivity index (χ0) is 21.7. The molecular formula is C20H18ClIO7. The first-order valence-electron chi connectivity index (χ1n) is 8.18. The van der Waals surface area contributed by atoms with Gasteiger partial charge in [0.05, 0.1) is 33.5 Å². The number of alkyl halides is 1. The van der Waals surface area contributed by atoms with E-state index in [1.54, 1.807) is 6.07 Å². The number of halogens is 2. The molecule has 2 aromatic rings. The average Bonchev–Trinajstić information content (AvgIpc) is 2.75. The number of carbonyl (C=O) groups excluding carboxylic acids is 3. The van der Waals surface area contributed by atoms with Crippen LogP contribution in [0.2, 0.25) is 5.02 Å². The summed E-state index contributed by atoms with van der Waals surface area (Å²) in [5.74, 6) is -1.33. The lowest BCUT2D eigenvalue weighted by Crippen LogP contribution is -2.11. The van der Waals surface area contributed by atoms with E-state index in [-0.39, 0.29) is 33.0 Å². The molecule has 0 saturated carbocycles. The minimum Gasteiger partial charge on any atom is -0.496 e. The number of benzene rings is 2. The second kappa shape index (κ2) is 9.93. The van der Waals surface area contributed by atoms with E-state index in [1.807, 2.05) is 0 Å². The van der Waals surface area contributed by atoms with Crippen molar-refractivity contribution in [3.63, 3.8) is 0 Å². The zero-order valence-corrected chi connectivity index (χ0v) is 19.0. The Kier molecular flexibility index (Phi) is 7.86. The van der Waals surface area contributed by atoms with E-state index in [0.29, 0.717) is 15.7 Å². The van der Waals surface area contributed by atoms with Crippen LogP contribution in [0.3, 0.4) is 0 Å². The van der Waals surface area contributed by atoms with Gasteiger partial charge in [-0.25, -0.2) is 9.59 Å².